The van der Waals surface area contributed by atoms with Gasteiger partial charge < -0.3 is 19.6 Å². The number of carbonyl (C=O) groups is 1. The molecule has 1 aliphatic rings. The van der Waals surface area contributed by atoms with Crippen LogP contribution in [0, 0.1) is 10.1 Å². The number of nitro groups is 1. The second-order valence-electron chi connectivity index (χ2n) is 4.81. The van der Waals surface area contributed by atoms with Gasteiger partial charge in [0.2, 0.25) is 12.2 Å². The van der Waals surface area contributed by atoms with E-state index in [9.17, 15) is 14.9 Å². The SMILES string of the molecule is O=C(Cn1cnc([N+](=O)[O-])c1)N1CCCCCCC1. The zero-order valence-electron chi connectivity index (χ0n) is 10.8. The summed E-state index contributed by atoms with van der Waals surface area (Å²) in [5, 5.41) is 10.5. The molecule has 7 nitrogen and oxygen atoms in total. The molecule has 2 rings (SSSR count). The largest absolute Gasteiger partial charge is 0.381 e. The Morgan fingerprint density at radius 1 is 1.26 bits per heavy atom. The second-order valence-corrected chi connectivity index (χ2v) is 4.81. The number of hydrogen-bond donors (Lipinski definition) is 0. The molecule has 104 valence electrons. The summed E-state index contributed by atoms with van der Waals surface area (Å²) in [7, 11) is 0. The monoisotopic (exact) mass is 266 g/mol. The van der Waals surface area contributed by atoms with Gasteiger partial charge in [0.15, 0.2) is 0 Å². The lowest BCUT2D eigenvalue weighted by molar-refractivity contribution is -0.389. The molecule has 0 bridgehead atoms. The van der Waals surface area contributed by atoms with Crippen LogP contribution in [0.3, 0.4) is 0 Å². The van der Waals surface area contributed by atoms with E-state index in [0.29, 0.717) is 0 Å². The van der Waals surface area contributed by atoms with E-state index in [1.165, 1.54) is 36.4 Å². The highest BCUT2D eigenvalue weighted by atomic mass is 16.6. The predicted octanol–water partition coefficient (Wildman–Crippen LogP) is 1.58. The van der Waals surface area contributed by atoms with Gasteiger partial charge in [-0.1, -0.05) is 19.3 Å². The Morgan fingerprint density at radius 2 is 1.89 bits per heavy atom. The van der Waals surface area contributed by atoms with Crippen LogP contribution in [-0.4, -0.2) is 38.4 Å². The molecule has 0 N–H and O–H groups in total. The number of likely N-dealkylation sites (tertiary alicyclic amines) is 1. The van der Waals surface area contributed by atoms with Crippen molar-refractivity contribution in [2.75, 3.05) is 13.1 Å². The summed E-state index contributed by atoms with van der Waals surface area (Å²) in [6.07, 6.45) is 8.28. The first-order valence-electron chi connectivity index (χ1n) is 6.61. The molecule has 0 aromatic carbocycles. The number of carbonyl (C=O) groups excluding carboxylic acids is 1. The van der Waals surface area contributed by atoms with Crippen molar-refractivity contribution in [1.82, 2.24) is 14.5 Å². The molecule has 1 amide bonds. The molecule has 1 aliphatic heterocycles. The number of nitrogens with zero attached hydrogens (tertiary/aromatic N) is 4. The van der Waals surface area contributed by atoms with Gasteiger partial charge in [-0.15, -0.1) is 0 Å². The summed E-state index contributed by atoms with van der Waals surface area (Å²) in [5.41, 5.74) is 0. The summed E-state index contributed by atoms with van der Waals surface area (Å²) < 4.78 is 1.47. The smallest absolute Gasteiger partial charge is 0.358 e. The Bertz CT molecular complexity index is 450. The molecule has 0 saturated carbocycles. The van der Waals surface area contributed by atoms with Gasteiger partial charge in [-0.2, -0.15) is 0 Å². The molecule has 0 radical (unpaired) electrons. The molecule has 1 fully saturated rings. The van der Waals surface area contributed by atoms with Gasteiger partial charge in [-0.05, 0) is 22.7 Å². The number of imidazole rings is 1. The molecular formula is C12H18N4O3. The molecule has 19 heavy (non-hydrogen) atoms. The average Bonchev–Trinajstić information content (AvgIpc) is 2.76. The number of hydrogen-bond acceptors (Lipinski definition) is 4. The fraction of sp³-hybridized carbons (Fsp3) is 0.667. The molecule has 1 aromatic rings. The zero-order valence-corrected chi connectivity index (χ0v) is 10.8. The van der Waals surface area contributed by atoms with Crippen LogP contribution in [-0.2, 0) is 11.3 Å². The molecule has 1 saturated heterocycles. The standard InChI is InChI=1S/C12H18N4O3/c17-12(15-6-4-2-1-3-5-7-15)9-14-8-11(13-10-14)16(18)19/h8,10H,1-7,9H2. The van der Waals surface area contributed by atoms with Crippen molar-refractivity contribution in [1.29, 1.82) is 0 Å². The van der Waals surface area contributed by atoms with Gasteiger partial charge in [-0.25, -0.2) is 0 Å². The molecule has 0 aliphatic carbocycles. The molecule has 0 unspecified atom stereocenters. The van der Waals surface area contributed by atoms with E-state index in [0.717, 1.165) is 25.9 Å². The van der Waals surface area contributed by atoms with Gasteiger partial charge >= 0.3 is 5.82 Å². The van der Waals surface area contributed by atoms with Crippen LogP contribution in [0.4, 0.5) is 5.82 Å². The van der Waals surface area contributed by atoms with Crippen molar-refractivity contribution in [3.8, 4) is 0 Å². The second kappa shape index (κ2) is 6.31. The third kappa shape index (κ3) is 3.77. The molecule has 2 heterocycles. The number of amides is 1. The van der Waals surface area contributed by atoms with E-state index in [-0.39, 0.29) is 18.3 Å². The normalized spacial score (nSPS) is 16.7. The highest BCUT2D eigenvalue weighted by Crippen LogP contribution is 2.12. The van der Waals surface area contributed by atoms with E-state index in [4.69, 9.17) is 0 Å². The zero-order chi connectivity index (χ0) is 13.7. The van der Waals surface area contributed by atoms with Gasteiger partial charge in [0.25, 0.3) is 0 Å². The maximum absolute atomic E-state index is 12.1. The molecule has 1 aromatic heterocycles. The maximum atomic E-state index is 12.1. The Labute approximate surface area is 111 Å². The lowest BCUT2D eigenvalue weighted by Crippen LogP contribution is -2.36. The van der Waals surface area contributed by atoms with Crippen LogP contribution in [0.1, 0.15) is 32.1 Å². The van der Waals surface area contributed by atoms with Crippen molar-refractivity contribution >= 4 is 11.7 Å². The molecular weight excluding hydrogens is 248 g/mol. The summed E-state index contributed by atoms with van der Waals surface area (Å²) in [6, 6.07) is 0. The average molecular weight is 266 g/mol. The highest BCUT2D eigenvalue weighted by molar-refractivity contribution is 5.76. The van der Waals surface area contributed by atoms with Crippen molar-refractivity contribution in [2.24, 2.45) is 0 Å². The van der Waals surface area contributed by atoms with Gasteiger partial charge in [0, 0.05) is 13.1 Å². The Hall–Kier alpha value is -1.92. The van der Waals surface area contributed by atoms with Crippen LogP contribution in [0.25, 0.3) is 0 Å². The van der Waals surface area contributed by atoms with Crippen LogP contribution in [0.2, 0.25) is 0 Å². The summed E-state index contributed by atoms with van der Waals surface area (Å²) >= 11 is 0. The van der Waals surface area contributed by atoms with Crippen LogP contribution >= 0.6 is 0 Å². The van der Waals surface area contributed by atoms with E-state index >= 15 is 0 Å². The number of aromatic nitrogens is 2. The Balaban J connectivity index is 1.92. The fourth-order valence-electron chi connectivity index (χ4n) is 2.28. The lowest BCUT2D eigenvalue weighted by atomic mass is 10.1. The number of rotatable bonds is 3. The van der Waals surface area contributed by atoms with Crippen LogP contribution in [0.15, 0.2) is 12.5 Å². The summed E-state index contributed by atoms with van der Waals surface area (Å²) in [5.74, 6) is -0.213. The molecule has 0 spiro atoms. The van der Waals surface area contributed by atoms with Crippen LogP contribution < -0.4 is 0 Å². The van der Waals surface area contributed by atoms with E-state index < -0.39 is 4.92 Å². The highest BCUT2D eigenvalue weighted by Gasteiger charge is 2.17. The van der Waals surface area contributed by atoms with Crippen molar-refractivity contribution in [2.45, 2.75) is 38.6 Å². The third-order valence-electron chi connectivity index (χ3n) is 3.33. The quantitative estimate of drug-likeness (QED) is 0.614. The van der Waals surface area contributed by atoms with Crippen molar-refractivity contribution in [3.05, 3.63) is 22.6 Å². The van der Waals surface area contributed by atoms with E-state index in [1.54, 1.807) is 0 Å². The lowest BCUT2D eigenvalue weighted by Gasteiger charge is -2.24. The van der Waals surface area contributed by atoms with E-state index in [2.05, 4.69) is 4.98 Å². The summed E-state index contributed by atoms with van der Waals surface area (Å²) in [4.78, 5) is 27.6. The Morgan fingerprint density at radius 3 is 2.47 bits per heavy atom. The first-order valence-corrected chi connectivity index (χ1v) is 6.61. The minimum atomic E-state index is -0.558. The topological polar surface area (TPSA) is 81.3 Å². The summed E-state index contributed by atoms with van der Waals surface area (Å²) in [6.45, 7) is 1.70. The third-order valence-corrected chi connectivity index (χ3v) is 3.33. The molecule has 0 atom stereocenters. The van der Waals surface area contributed by atoms with Gasteiger partial charge in [0.05, 0.1) is 0 Å². The van der Waals surface area contributed by atoms with E-state index in [1.807, 2.05) is 4.90 Å². The van der Waals surface area contributed by atoms with Gasteiger partial charge in [-0.3, -0.25) is 4.79 Å². The van der Waals surface area contributed by atoms with Crippen molar-refractivity contribution < 1.29 is 9.72 Å². The van der Waals surface area contributed by atoms with Gasteiger partial charge in [0.1, 0.15) is 12.7 Å². The Kier molecular flexibility index (Phi) is 4.48. The first kappa shape index (κ1) is 13.5. The van der Waals surface area contributed by atoms with Crippen LogP contribution in [0.5, 0.6) is 0 Å². The fourth-order valence-corrected chi connectivity index (χ4v) is 2.28. The van der Waals surface area contributed by atoms with Crippen molar-refractivity contribution in [3.63, 3.8) is 0 Å². The molecule has 7 heteroatoms. The first-order chi connectivity index (χ1) is 9.16. The minimum absolute atomic E-state index is 0.00852. The minimum Gasteiger partial charge on any atom is -0.358 e. The maximum Gasteiger partial charge on any atom is 0.381 e. The predicted molar refractivity (Wildman–Crippen MR) is 68.5 cm³/mol.